The van der Waals surface area contributed by atoms with Gasteiger partial charge in [-0.3, -0.25) is 0 Å². The Morgan fingerprint density at radius 3 is 1.60 bits per heavy atom. The first-order valence-electron chi connectivity index (χ1n) is 17.9. The molecule has 0 N–H and O–H groups in total. The van der Waals surface area contributed by atoms with Crippen LogP contribution in [0.15, 0.2) is 194 Å². The minimum Gasteiger partial charge on any atom is -0.307 e. The Morgan fingerprint density at radius 2 is 0.887 bits per heavy atom. The molecule has 248 valence electrons. The van der Waals surface area contributed by atoms with E-state index in [2.05, 4.69) is 187 Å². The minimum atomic E-state index is 0.669. The van der Waals surface area contributed by atoms with Gasteiger partial charge in [0.25, 0.3) is 0 Å². The molecule has 53 heavy (non-hydrogen) atoms. The Bertz CT molecular complexity index is 2910. The van der Waals surface area contributed by atoms with Crippen molar-refractivity contribution in [1.29, 1.82) is 0 Å². The molecule has 0 atom stereocenters. The van der Waals surface area contributed by atoms with Crippen molar-refractivity contribution in [1.82, 2.24) is 19.5 Å². The molecular weight excluding hydrogens is 645 g/mol. The van der Waals surface area contributed by atoms with Gasteiger partial charge in [0.15, 0.2) is 5.82 Å². The first kappa shape index (κ1) is 30.6. The number of hydrogen-bond donors (Lipinski definition) is 0. The number of para-hydroxylation sites is 2. The number of pyridine rings is 1. The Kier molecular flexibility index (Phi) is 7.43. The molecule has 7 aromatic carbocycles. The summed E-state index contributed by atoms with van der Waals surface area (Å²) in [5.41, 5.74) is 13.3. The fraction of sp³-hybridized carbons (Fsp3) is 0. The second kappa shape index (κ2) is 12.9. The van der Waals surface area contributed by atoms with E-state index in [1.54, 1.807) is 0 Å². The number of aromatic nitrogens is 4. The molecule has 3 heterocycles. The van der Waals surface area contributed by atoms with E-state index in [9.17, 15) is 0 Å². The quantitative estimate of drug-likeness (QED) is 0.176. The van der Waals surface area contributed by atoms with Crippen LogP contribution in [0.25, 0.3) is 94.7 Å². The van der Waals surface area contributed by atoms with Crippen molar-refractivity contribution in [2.75, 3.05) is 0 Å². The largest absolute Gasteiger partial charge is 0.307 e. The van der Waals surface area contributed by atoms with Crippen LogP contribution in [0.5, 0.6) is 0 Å². The van der Waals surface area contributed by atoms with Crippen LogP contribution in [0.3, 0.4) is 0 Å². The Labute approximate surface area is 307 Å². The molecule has 0 aliphatic carbocycles. The van der Waals surface area contributed by atoms with Gasteiger partial charge in [-0.1, -0.05) is 164 Å². The van der Waals surface area contributed by atoms with Crippen molar-refractivity contribution in [3.05, 3.63) is 194 Å². The highest BCUT2D eigenvalue weighted by molar-refractivity contribution is 6.23. The fourth-order valence-corrected chi connectivity index (χ4v) is 7.49. The van der Waals surface area contributed by atoms with Crippen LogP contribution in [0, 0.1) is 0 Å². The molecule has 0 spiro atoms. The highest BCUT2D eigenvalue weighted by Gasteiger charge is 2.21. The summed E-state index contributed by atoms with van der Waals surface area (Å²) < 4.78 is 2.36. The number of nitrogens with zero attached hydrogens (tertiary/aromatic N) is 4. The predicted molar refractivity (Wildman–Crippen MR) is 219 cm³/mol. The molecule has 0 unspecified atom stereocenters. The zero-order chi connectivity index (χ0) is 35.1. The Morgan fingerprint density at radius 1 is 0.358 bits per heavy atom. The maximum absolute atomic E-state index is 5.31. The molecule has 0 amide bonds. The van der Waals surface area contributed by atoms with E-state index in [1.807, 2.05) is 12.1 Å². The molecule has 0 aliphatic heterocycles. The summed E-state index contributed by atoms with van der Waals surface area (Å²) in [5.74, 6) is 0.669. The fourth-order valence-electron chi connectivity index (χ4n) is 7.49. The third-order valence-corrected chi connectivity index (χ3v) is 10.00. The normalized spacial score (nSPS) is 11.4. The van der Waals surface area contributed by atoms with Crippen molar-refractivity contribution in [2.24, 2.45) is 0 Å². The van der Waals surface area contributed by atoms with Crippen molar-refractivity contribution >= 4 is 32.7 Å². The topological polar surface area (TPSA) is 43.6 Å². The molecule has 0 saturated carbocycles. The summed E-state index contributed by atoms with van der Waals surface area (Å²) in [7, 11) is 0. The van der Waals surface area contributed by atoms with Crippen molar-refractivity contribution in [2.45, 2.75) is 0 Å². The Hall–Kier alpha value is -7.17. The second-order valence-corrected chi connectivity index (χ2v) is 13.2. The summed E-state index contributed by atoms with van der Waals surface area (Å²) in [4.78, 5) is 15.7. The molecule has 10 rings (SSSR count). The molecule has 0 bridgehead atoms. The summed E-state index contributed by atoms with van der Waals surface area (Å²) in [6.45, 7) is 0. The van der Waals surface area contributed by atoms with Crippen LogP contribution >= 0.6 is 0 Å². The lowest BCUT2D eigenvalue weighted by Gasteiger charge is -2.14. The van der Waals surface area contributed by atoms with E-state index in [4.69, 9.17) is 15.0 Å². The zero-order valence-corrected chi connectivity index (χ0v) is 28.8. The number of fused-ring (bicyclic) bond motifs is 5. The van der Waals surface area contributed by atoms with Crippen LogP contribution in [0.1, 0.15) is 0 Å². The lowest BCUT2D eigenvalue weighted by molar-refractivity contribution is 1.15. The molecule has 4 nitrogen and oxygen atoms in total. The molecule has 10 aromatic rings. The van der Waals surface area contributed by atoms with Gasteiger partial charge in [0.05, 0.1) is 33.6 Å². The maximum atomic E-state index is 5.31. The average molecular weight is 677 g/mol. The second-order valence-electron chi connectivity index (χ2n) is 13.2. The average Bonchev–Trinajstić information content (AvgIpc) is 3.60. The lowest BCUT2D eigenvalue weighted by Crippen LogP contribution is -1.99. The maximum Gasteiger partial charge on any atom is 0.160 e. The van der Waals surface area contributed by atoms with E-state index < -0.39 is 0 Å². The van der Waals surface area contributed by atoms with E-state index >= 15 is 0 Å². The summed E-state index contributed by atoms with van der Waals surface area (Å²) in [6, 6.07) is 67.7. The molecule has 0 saturated heterocycles. The highest BCUT2D eigenvalue weighted by Crippen LogP contribution is 2.41. The predicted octanol–water partition coefficient (Wildman–Crippen LogP) is 12.5. The standard InChI is InChI=1S/C49H32N4/c1-4-15-33(16-5-1)34-27-29-36(30-28-34)44-32-43(35-17-6-2-7-18-35)51-49(52-44)38-21-14-22-39(31-38)53-45-26-13-11-24-41(45)46-40-23-10-12-25-42(40)50-47(48(46)53)37-19-8-3-9-20-37/h1-32H. The number of hydrogen-bond acceptors (Lipinski definition) is 3. The van der Waals surface area contributed by atoms with E-state index in [-0.39, 0.29) is 0 Å². The van der Waals surface area contributed by atoms with Crippen LogP contribution in [0.4, 0.5) is 0 Å². The number of rotatable bonds is 6. The molecule has 3 aromatic heterocycles. The molecule has 0 radical (unpaired) electrons. The smallest absolute Gasteiger partial charge is 0.160 e. The van der Waals surface area contributed by atoms with Gasteiger partial charge in [-0.2, -0.15) is 0 Å². The summed E-state index contributed by atoms with van der Waals surface area (Å²) >= 11 is 0. The number of benzene rings is 7. The first-order chi connectivity index (χ1) is 26.3. The van der Waals surface area contributed by atoms with Gasteiger partial charge >= 0.3 is 0 Å². The van der Waals surface area contributed by atoms with Gasteiger partial charge in [0.2, 0.25) is 0 Å². The van der Waals surface area contributed by atoms with Gasteiger partial charge in [0, 0.05) is 44.1 Å². The van der Waals surface area contributed by atoms with Crippen LogP contribution in [0.2, 0.25) is 0 Å². The molecular formula is C49H32N4. The van der Waals surface area contributed by atoms with Crippen LogP contribution in [-0.4, -0.2) is 19.5 Å². The third kappa shape index (κ3) is 5.45. The monoisotopic (exact) mass is 676 g/mol. The van der Waals surface area contributed by atoms with E-state index in [0.717, 1.165) is 67.0 Å². The van der Waals surface area contributed by atoms with Gasteiger partial charge < -0.3 is 4.57 Å². The Balaban J connectivity index is 1.18. The van der Waals surface area contributed by atoms with Crippen LogP contribution in [-0.2, 0) is 0 Å². The zero-order valence-electron chi connectivity index (χ0n) is 28.8. The van der Waals surface area contributed by atoms with Gasteiger partial charge in [0.1, 0.15) is 0 Å². The molecule has 0 aliphatic rings. The lowest BCUT2D eigenvalue weighted by atomic mass is 10.0. The minimum absolute atomic E-state index is 0.669. The van der Waals surface area contributed by atoms with Gasteiger partial charge in [-0.25, -0.2) is 15.0 Å². The SMILES string of the molecule is c1ccc(-c2ccc(-c3cc(-c4ccccc4)nc(-c4cccc(-n5c6ccccc6c6c7ccccc7nc(-c7ccccc7)c65)c4)n3)cc2)cc1. The molecule has 0 fully saturated rings. The van der Waals surface area contributed by atoms with Crippen molar-refractivity contribution in [3.8, 4) is 62.0 Å². The van der Waals surface area contributed by atoms with E-state index in [0.29, 0.717) is 5.82 Å². The molecule has 4 heteroatoms. The van der Waals surface area contributed by atoms with Crippen molar-refractivity contribution < 1.29 is 0 Å². The third-order valence-electron chi connectivity index (χ3n) is 10.00. The van der Waals surface area contributed by atoms with Crippen molar-refractivity contribution in [3.63, 3.8) is 0 Å². The van der Waals surface area contributed by atoms with Gasteiger partial charge in [-0.05, 0) is 41.5 Å². The highest BCUT2D eigenvalue weighted by atomic mass is 15.0. The summed E-state index contributed by atoms with van der Waals surface area (Å²) in [6.07, 6.45) is 0. The van der Waals surface area contributed by atoms with E-state index in [1.165, 1.54) is 21.9 Å². The summed E-state index contributed by atoms with van der Waals surface area (Å²) in [5, 5.41) is 3.52. The van der Waals surface area contributed by atoms with Crippen LogP contribution < -0.4 is 0 Å². The van der Waals surface area contributed by atoms with Gasteiger partial charge in [-0.15, -0.1) is 0 Å². The first-order valence-corrected chi connectivity index (χ1v) is 17.9.